The van der Waals surface area contributed by atoms with Crippen LogP contribution in [0.5, 0.6) is 5.75 Å². The number of carbonyl (C=O) groups excluding carboxylic acids is 1. The summed E-state index contributed by atoms with van der Waals surface area (Å²) in [5, 5.41) is 0. The first-order valence-electron chi connectivity index (χ1n) is 8.78. The maximum absolute atomic E-state index is 12.9. The zero-order valence-corrected chi connectivity index (χ0v) is 14.6. The molecule has 1 fully saturated rings. The number of methoxy groups -OCH3 is 1. The lowest BCUT2D eigenvalue weighted by Crippen LogP contribution is -2.38. The quantitative estimate of drug-likeness (QED) is 0.860. The molecule has 0 N–H and O–H groups in total. The Morgan fingerprint density at radius 3 is 2.64 bits per heavy atom. The molecule has 0 bridgehead atoms. The zero-order valence-electron chi connectivity index (χ0n) is 14.6. The summed E-state index contributed by atoms with van der Waals surface area (Å²) in [6.45, 7) is 0.823. The molecule has 0 saturated carbocycles. The Bertz CT molecular complexity index is 767. The largest absolute Gasteiger partial charge is 0.497 e. The second-order valence-electron chi connectivity index (χ2n) is 6.39. The number of hydrogen-bond acceptors (Lipinski definition) is 3. The van der Waals surface area contributed by atoms with Gasteiger partial charge in [-0.05, 0) is 36.6 Å². The van der Waals surface area contributed by atoms with Gasteiger partial charge in [0.05, 0.1) is 13.2 Å². The third-order valence-corrected chi connectivity index (χ3v) is 4.78. The molecule has 132 valence electrons. The highest BCUT2D eigenvalue weighted by molar-refractivity contribution is 5.76. The van der Waals surface area contributed by atoms with E-state index < -0.39 is 0 Å². The van der Waals surface area contributed by atoms with Gasteiger partial charge in [-0.3, -0.25) is 9.59 Å². The van der Waals surface area contributed by atoms with Crippen molar-refractivity contribution in [3.8, 4) is 5.75 Å². The minimum atomic E-state index is -0.147. The van der Waals surface area contributed by atoms with Crippen LogP contribution in [0, 0.1) is 0 Å². The van der Waals surface area contributed by atoms with Gasteiger partial charge in [0.15, 0.2) is 0 Å². The number of nitrogens with zero attached hydrogens (tertiary/aromatic N) is 2. The van der Waals surface area contributed by atoms with Crippen LogP contribution in [0.3, 0.4) is 0 Å². The second-order valence-corrected chi connectivity index (χ2v) is 6.39. The van der Waals surface area contributed by atoms with E-state index in [4.69, 9.17) is 4.74 Å². The van der Waals surface area contributed by atoms with E-state index in [1.54, 1.807) is 25.4 Å². The van der Waals surface area contributed by atoms with Crippen molar-refractivity contribution in [3.63, 3.8) is 0 Å². The highest BCUT2D eigenvalue weighted by atomic mass is 16.5. The van der Waals surface area contributed by atoms with Crippen LogP contribution >= 0.6 is 0 Å². The molecule has 1 aromatic heterocycles. The van der Waals surface area contributed by atoms with E-state index in [0.717, 1.165) is 43.5 Å². The van der Waals surface area contributed by atoms with Gasteiger partial charge >= 0.3 is 0 Å². The second kappa shape index (κ2) is 8.01. The first-order chi connectivity index (χ1) is 12.2. The Balaban J connectivity index is 1.83. The molecule has 1 aromatic carbocycles. The van der Waals surface area contributed by atoms with Crippen molar-refractivity contribution < 1.29 is 9.53 Å². The van der Waals surface area contributed by atoms with Crippen LogP contribution in [0.15, 0.2) is 53.5 Å². The summed E-state index contributed by atoms with van der Waals surface area (Å²) in [6.07, 6.45) is 5.85. The molecule has 1 unspecified atom stereocenters. The third-order valence-electron chi connectivity index (χ3n) is 4.78. The molecule has 5 heteroatoms. The fourth-order valence-electron chi connectivity index (χ4n) is 3.41. The summed E-state index contributed by atoms with van der Waals surface area (Å²) in [7, 11) is 1.65. The van der Waals surface area contributed by atoms with E-state index in [-0.39, 0.29) is 24.1 Å². The first kappa shape index (κ1) is 17.3. The number of carbonyl (C=O) groups is 1. The number of amides is 1. The Kier molecular flexibility index (Phi) is 5.53. The molecule has 0 aliphatic carbocycles. The van der Waals surface area contributed by atoms with Gasteiger partial charge in [-0.1, -0.05) is 31.0 Å². The fourth-order valence-corrected chi connectivity index (χ4v) is 3.41. The van der Waals surface area contributed by atoms with Crippen molar-refractivity contribution in [2.75, 3.05) is 13.7 Å². The Morgan fingerprint density at radius 1 is 1.12 bits per heavy atom. The van der Waals surface area contributed by atoms with Gasteiger partial charge in [0.1, 0.15) is 12.3 Å². The van der Waals surface area contributed by atoms with Crippen molar-refractivity contribution >= 4 is 5.91 Å². The van der Waals surface area contributed by atoms with Gasteiger partial charge in [0.25, 0.3) is 5.56 Å². The number of pyridine rings is 1. The molecule has 0 spiro atoms. The number of hydrogen-bond donors (Lipinski definition) is 0. The lowest BCUT2D eigenvalue weighted by molar-refractivity contribution is -0.134. The van der Waals surface area contributed by atoms with Crippen LogP contribution in [0.1, 0.15) is 37.3 Å². The lowest BCUT2D eigenvalue weighted by atomic mass is 10.0. The highest BCUT2D eigenvalue weighted by Gasteiger charge is 2.26. The van der Waals surface area contributed by atoms with Crippen molar-refractivity contribution in [2.45, 2.75) is 38.3 Å². The minimum Gasteiger partial charge on any atom is -0.497 e. The molecule has 1 saturated heterocycles. The predicted molar refractivity (Wildman–Crippen MR) is 96.6 cm³/mol. The summed E-state index contributed by atoms with van der Waals surface area (Å²) in [4.78, 5) is 26.8. The van der Waals surface area contributed by atoms with E-state index in [1.807, 2.05) is 29.2 Å². The van der Waals surface area contributed by atoms with Crippen molar-refractivity contribution in [1.82, 2.24) is 9.47 Å². The molecule has 1 atom stereocenters. The van der Waals surface area contributed by atoms with Crippen molar-refractivity contribution in [3.05, 3.63) is 64.6 Å². The van der Waals surface area contributed by atoms with Crippen molar-refractivity contribution in [1.29, 1.82) is 0 Å². The summed E-state index contributed by atoms with van der Waals surface area (Å²) in [5.41, 5.74) is 0.975. The zero-order chi connectivity index (χ0) is 17.6. The van der Waals surface area contributed by atoms with Crippen LogP contribution in [-0.4, -0.2) is 29.0 Å². The van der Waals surface area contributed by atoms with E-state index >= 15 is 0 Å². The van der Waals surface area contributed by atoms with E-state index in [9.17, 15) is 9.59 Å². The van der Waals surface area contributed by atoms with Gasteiger partial charge in [-0.25, -0.2) is 0 Å². The summed E-state index contributed by atoms with van der Waals surface area (Å²) in [6, 6.07) is 12.9. The lowest BCUT2D eigenvalue weighted by Gasteiger charge is -2.31. The smallest absolute Gasteiger partial charge is 0.250 e. The molecule has 1 amide bonds. The first-order valence-corrected chi connectivity index (χ1v) is 8.78. The van der Waals surface area contributed by atoms with Gasteiger partial charge in [0, 0.05) is 18.8 Å². The van der Waals surface area contributed by atoms with Crippen LogP contribution < -0.4 is 10.3 Å². The standard InChI is InChI=1S/C20H24N2O3/c1-25-17-11-9-16(10-12-17)18-7-3-2-5-14-22(18)20(24)15-21-13-6-4-8-19(21)23/h4,6,8-13,18H,2-3,5,7,14-15H2,1H3. The molecular formula is C20H24N2O3. The van der Waals surface area contributed by atoms with Crippen LogP contribution in [0.25, 0.3) is 0 Å². The minimum absolute atomic E-state index is 0.00369. The average molecular weight is 340 g/mol. The van der Waals surface area contributed by atoms with Gasteiger partial charge in [-0.2, -0.15) is 0 Å². The Labute approximate surface area is 147 Å². The molecule has 25 heavy (non-hydrogen) atoms. The summed E-state index contributed by atoms with van der Waals surface area (Å²) >= 11 is 0. The molecule has 2 aromatic rings. The number of ether oxygens (including phenoxy) is 1. The maximum Gasteiger partial charge on any atom is 0.250 e. The summed E-state index contributed by atoms with van der Waals surface area (Å²) in [5.74, 6) is 0.808. The molecule has 5 nitrogen and oxygen atoms in total. The van der Waals surface area contributed by atoms with E-state index in [0.29, 0.717) is 0 Å². The predicted octanol–water partition coefficient (Wildman–Crippen LogP) is 3.00. The number of likely N-dealkylation sites (tertiary alicyclic amines) is 1. The van der Waals surface area contributed by atoms with Crippen LogP contribution in [0.2, 0.25) is 0 Å². The maximum atomic E-state index is 12.9. The number of aromatic nitrogens is 1. The normalized spacial score (nSPS) is 17.8. The Hall–Kier alpha value is -2.56. The monoisotopic (exact) mass is 340 g/mol. The fraction of sp³-hybridized carbons (Fsp3) is 0.400. The molecule has 0 radical (unpaired) electrons. The number of rotatable bonds is 4. The SMILES string of the molecule is COc1ccc(C2CCCCCN2C(=O)Cn2ccccc2=O)cc1. The van der Waals surface area contributed by atoms with Crippen molar-refractivity contribution in [2.24, 2.45) is 0 Å². The van der Waals surface area contributed by atoms with Gasteiger partial charge in [-0.15, -0.1) is 0 Å². The van der Waals surface area contributed by atoms with E-state index in [1.165, 1.54) is 10.6 Å². The topological polar surface area (TPSA) is 51.5 Å². The molecule has 1 aliphatic rings. The summed E-state index contributed by atoms with van der Waals surface area (Å²) < 4.78 is 6.70. The molecule has 1 aliphatic heterocycles. The van der Waals surface area contributed by atoms with Gasteiger partial charge < -0.3 is 14.2 Å². The highest BCUT2D eigenvalue weighted by Crippen LogP contribution is 2.31. The average Bonchev–Trinajstić information content (AvgIpc) is 2.90. The van der Waals surface area contributed by atoms with Gasteiger partial charge in [0.2, 0.25) is 5.91 Å². The molecule has 2 heterocycles. The Morgan fingerprint density at radius 2 is 1.92 bits per heavy atom. The molecule has 3 rings (SSSR count). The number of benzene rings is 1. The van der Waals surface area contributed by atoms with Crippen LogP contribution in [-0.2, 0) is 11.3 Å². The molecular weight excluding hydrogens is 316 g/mol. The van der Waals surface area contributed by atoms with E-state index in [2.05, 4.69) is 0 Å². The van der Waals surface area contributed by atoms with Crippen LogP contribution in [0.4, 0.5) is 0 Å². The third kappa shape index (κ3) is 4.10.